The van der Waals surface area contributed by atoms with E-state index in [2.05, 4.69) is 4.99 Å². The third-order valence-electron chi connectivity index (χ3n) is 3.64. The number of aliphatic hydroxyl groups excluding tert-OH is 1. The van der Waals surface area contributed by atoms with Gasteiger partial charge in [0.1, 0.15) is 17.2 Å². The molecule has 0 aromatic heterocycles. The summed E-state index contributed by atoms with van der Waals surface area (Å²) in [6, 6.07) is -0.0248. The molecule has 0 aromatic rings. The molecule has 2 rings (SSSR count). The Morgan fingerprint density at radius 1 is 1.48 bits per heavy atom. The van der Waals surface area contributed by atoms with E-state index < -0.39 is 40.9 Å². The minimum absolute atomic E-state index is 0.0248. The van der Waals surface area contributed by atoms with E-state index in [1.807, 2.05) is 0 Å². The molecular formula is C16H16F5NO3. The Bertz CT molecular complexity index is 661. The Morgan fingerprint density at radius 2 is 2.12 bits per heavy atom. The predicted molar refractivity (Wildman–Crippen MR) is 79.5 cm³/mol. The first-order chi connectivity index (χ1) is 11.6. The molecule has 0 radical (unpaired) electrons. The largest absolute Gasteiger partial charge is 0.510 e. The zero-order valence-corrected chi connectivity index (χ0v) is 13.2. The maximum atomic E-state index is 14.0. The van der Waals surface area contributed by atoms with Crippen molar-refractivity contribution in [1.29, 1.82) is 0 Å². The van der Waals surface area contributed by atoms with Gasteiger partial charge in [0.2, 0.25) is 5.67 Å². The Kier molecular flexibility index (Phi) is 5.34. The molecule has 4 nitrogen and oxygen atoms in total. The van der Waals surface area contributed by atoms with E-state index >= 15 is 0 Å². The van der Waals surface area contributed by atoms with Crippen molar-refractivity contribution in [2.24, 2.45) is 10.9 Å². The second-order valence-electron chi connectivity index (χ2n) is 5.66. The molecule has 0 aliphatic heterocycles. The van der Waals surface area contributed by atoms with Crippen LogP contribution in [0.15, 0.2) is 40.4 Å². The molecule has 0 spiro atoms. The summed E-state index contributed by atoms with van der Waals surface area (Å²) < 4.78 is 70.4. The lowest BCUT2D eigenvalue weighted by Gasteiger charge is -2.26. The van der Waals surface area contributed by atoms with Crippen LogP contribution in [-0.4, -0.2) is 41.8 Å². The van der Waals surface area contributed by atoms with Gasteiger partial charge in [-0.3, -0.25) is 4.99 Å². The molecule has 138 valence electrons. The number of rotatable bonds is 5. The number of hydrogen-bond donors (Lipinski definition) is 1. The van der Waals surface area contributed by atoms with Crippen LogP contribution in [0.25, 0.3) is 0 Å². The van der Waals surface area contributed by atoms with E-state index in [1.54, 1.807) is 0 Å². The molecule has 2 atom stereocenters. The summed E-state index contributed by atoms with van der Waals surface area (Å²) in [6.45, 7) is 1.47. The van der Waals surface area contributed by atoms with Crippen molar-refractivity contribution in [1.82, 2.24) is 0 Å². The summed E-state index contributed by atoms with van der Waals surface area (Å²) in [5.41, 5.74) is -4.45. The number of aliphatic imine (C=N–C) groups is 1. The fourth-order valence-electron chi connectivity index (χ4n) is 2.07. The van der Waals surface area contributed by atoms with Gasteiger partial charge in [0.25, 0.3) is 0 Å². The smallest absolute Gasteiger partial charge is 0.429 e. The topological polar surface area (TPSA) is 58.9 Å². The van der Waals surface area contributed by atoms with Crippen LogP contribution in [0, 0.1) is 5.92 Å². The average Bonchev–Trinajstić information content (AvgIpc) is 3.30. The predicted octanol–water partition coefficient (Wildman–Crippen LogP) is 3.90. The van der Waals surface area contributed by atoms with Crippen molar-refractivity contribution in [3.8, 4) is 0 Å². The number of esters is 1. The standard InChI is InChI=1S/C16H16F5NO3/c1-2-25-14(24)11(8-22-9-3-4-9)13(23)10-5-6-15(18,7-12(10)17)16(19,20)21/h5-10,23H,2-4H2,1H3. The Morgan fingerprint density at radius 3 is 2.60 bits per heavy atom. The van der Waals surface area contributed by atoms with E-state index in [0.29, 0.717) is 6.08 Å². The molecule has 2 aliphatic carbocycles. The minimum Gasteiger partial charge on any atom is -0.510 e. The molecule has 1 saturated carbocycles. The average molecular weight is 365 g/mol. The lowest BCUT2D eigenvalue weighted by molar-refractivity contribution is -0.196. The molecule has 0 saturated heterocycles. The van der Waals surface area contributed by atoms with Crippen molar-refractivity contribution in [2.75, 3.05) is 6.61 Å². The van der Waals surface area contributed by atoms with Crippen LogP contribution in [0.1, 0.15) is 19.8 Å². The summed E-state index contributed by atoms with van der Waals surface area (Å²) in [5, 5.41) is 10.2. The number of alkyl halides is 4. The van der Waals surface area contributed by atoms with Gasteiger partial charge in [-0.1, -0.05) is 6.08 Å². The van der Waals surface area contributed by atoms with Crippen molar-refractivity contribution in [3.05, 3.63) is 35.4 Å². The molecule has 1 N–H and O–H groups in total. The highest BCUT2D eigenvalue weighted by Crippen LogP contribution is 2.42. The van der Waals surface area contributed by atoms with Crippen LogP contribution in [0.2, 0.25) is 0 Å². The lowest BCUT2D eigenvalue weighted by Crippen LogP contribution is -2.39. The third-order valence-corrected chi connectivity index (χ3v) is 3.64. The van der Waals surface area contributed by atoms with Crippen molar-refractivity contribution in [2.45, 2.75) is 37.7 Å². The van der Waals surface area contributed by atoms with Gasteiger partial charge in [0.15, 0.2) is 0 Å². The SMILES string of the molecule is CCOC(=O)C(C=NC1CC1)=C(O)C1C=CC(F)(C(F)(F)F)C=C1F. The normalized spacial score (nSPS) is 27.9. The maximum absolute atomic E-state index is 14.0. The number of halogens is 5. The third kappa shape index (κ3) is 4.26. The van der Waals surface area contributed by atoms with Crippen LogP contribution in [0.4, 0.5) is 22.0 Å². The number of nitrogens with zero attached hydrogens (tertiary/aromatic N) is 1. The highest BCUT2D eigenvalue weighted by Gasteiger charge is 2.55. The fourth-order valence-corrected chi connectivity index (χ4v) is 2.07. The Labute approximate surface area is 140 Å². The van der Waals surface area contributed by atoms with E-state index in [4.69, 9.17) is 4.74 Å². The summed E-state index contributed by atoms with van der Waals surface area (Å²) in [7, 11) is 0. The van der Waals surface area contributed by atoms with Crippen molar-refractivity contribution < 1.29 is 36.6 Å². The van der Waals surface area contributed by atoms with Crippen LogP contribution >= 0.6 is 0 Å². The van der Waals surface area contributed by atoms with Crippen LogP contribution in [-0.2, 0) is 9.53 Å². The molecule has 0 heterocycles. The maximum Gasteiger partial charge on any atom is 0.429 e. The molecule has 0 bridgehead atoms. The summed E-state index contributed by atoms with van der Waals surface area (Å²) in [6.07, 6.45) is -2.41. The van der Waals surface area contributed by atoms with Crippen LogP contribution in [0.5, 0.6) is 0 Å². The highest BCUT2D eigenvalue weighted by molar-refractivity contribution is 6.10. The van der Waals surface area contributed by atoms with Crippen molar-refractivity contribution in [3.63, 3.8) is 0 Å². The number of aliphatic hydroxyl groups is 1. The second-order valence-corrected chi connectivity index (χ2v) is 5.66. The quantitative estimate of drug-likeness (QED) is 0.201. The fraction of sp³-hybridized carbons (Fsp3) is 0.500. The van der Waals surface area contributed by atoms with Crippen LogP contribution in [0.3, 0.4) is 0 Å². The molecule has 25 heavy (non-hydrogen) atoms. The highest BCUT2D eigenvalue weighted by atomic mass is 19.4. The monoisotopic (exact) mass is 365 g/mol. The Hall–Kier alpha value is -2.19. The molecular weight excluding hydrogens is 349 g/mol. The van der Waals surface area contributed by atoms with Gasteiger partial charge < -0.3 is 9.84 Å². The first-order valence-electron chi connectivity index (χ1n) is 7.55. The first kappa shape index (κ1) is 19.1. The van der Waals surface area contributed by atoms with Gasteiger partial charge in [-0.05, 0) is 31.9 Å². The minimum atomic E-state index is -5.34. The van der Waals surface area contributed by atoms with Gasteiger partial charge in [0.05, 0.1) is 18.6 Å². The molecule has 2 unspecified atom stereocenters. The van der Waals surface area contributed by atoms with Gasteiger partial charge in [0, 0.05) is 6.21 Å². The number of carbonyl (C=O) groups is 1. The van der Waals surface area contributed by atoms with Gasteiger partial charge in [-0.25, -0.2) is 13.6 Å². The van der Waals surface area contributed by atoms with E-state index in [9.17, 15) is 31.9 Å². The summed E-state index contributed by atoms with van der Waals surface area (Å²) >= 11 is 0. The molecule has 2 aliphatic rings. The lowest BCUT2D eigenvalue weighted by atomic mass is 9.89. The van der Waals surface area contributed by atoms with Gasteiger partial charge >= 0.3 is 12.1 Å². The second kappa shape index (κ2) is 6.97. The zero-order valence-electron chi connectivity index (χ0n) is 13.2. The van der Waals surface area contributed by atoms with Gasteiger partial charge in [-0.2, -0.15) is 13.2 Å². The molecule has 0 amide bonds. The number of hydrogen-bond acceptors (Lipinski definition) is 4. The summed E-state index contributed by atoms with van der Waals surface area (Å²) in [4.78, 5) is 15.9. The van der Waals surface area contributed by atoms with Crippen molar-refractivity contribution >= 4 is 12.2 Å². The molecule has 0 aromatic carbocycles. The number of carbonyl (C=O) groups excluding carboxylic acids is 1. The van der Waals surface area contributed by atoms with E-state index in [0.717, 1.165) is 19.1 Å². The van der Waals surface area contributed by atoms with Crippen LogP contribution < -0.4 is 0 Å². The number of ether oxygens (including phenoxy) is 1. The van der Waals surface area contributed by atoms with E-state index in [1.165, 1.54) is 6.92 Å². The van der Waals surface area contributed by atoms with Gasteiger partial charge in [-0.15, -0.1) is 0 Å². The molecule has 1 fully saturated rings. The Balaban J connectivity index is 2.36. The summed E-state index contributed by atoms with van der Waals surface area (Å²) in [5.74, 6) is -5.19. The van der Waals surface area contributed by atoms with E-state index in [-0.39, 0.29) is 24.8 Å². The molecule has 9 heteroatoms. The zero-order chi connectivity index (χ0) is 18.8. The first-order valence-corrected chi connectivity index (χ1v) is 7.55. The number of allylic oxidation sites excluding steroid dienone is 3.